The smallest absolute Gasteiger partial charge is 0.476 e. The average Bonchev–Trinajstić information content (AvgIpc) is 3.41. The molecule has 1 amide bonds. The van der Waals surface area contributed by atoms with E-state index in [2.05, 4.69) is 15.4 Å². The topological polar surface area (TPSA) is 117 Å². The minimum Gasteiger partial charge on any atom is -0.476 e. The van der Waals surface area contributed by atoms with Gasteiger partial charge in [0.25, 0.3) is 0 Å². The summed E-state index contributed by atoms with van der Waals surface area (Å²) < 4.78 is 83.0. The van der Waals surface area contributed by atoms with E-state index in [0.29, 0.717) is 18.5 Å². The van der Waals surface area contributed by atoms with Crippen LogP contribution in [0.25, 0.3) is 16.5 Å². The Bertz CT molecular complexity index is 1550. The van der Waals surface area contributed by atoms with E-state index in [0.717, 1.165) is 12.8 Å². The number of alkyl halides is 3. The number of nitrogens with one attached hydrogen (secondary N) is 1. The molecule has 1 unspecified atom stereocenters. The van der Waals surface area contributed by atoms with Gasteiger partial charge in [-0.2, -0.15) is 17.6 Å². The normalized spacial score (nSPS) is 20.3. The summed E-state index contributed by atoms with van der Waals surface area (Å²) in [7, 11) is -1.37. The van der Waals surface area contributed by atoms with Crippen LogP contribution in [-0.2, 0) is 14.0 Å². The molecule has 2 aliphatic rings. The van der Waals surface area contributed by atoms with Crippen LogP contribution in [-0.4, -0.2) is 70.2 Å². The summed E-state index contributed by atoms with van der Waals surface area (Å²) in [6.45, 7) is 7.49. The molecule has 0 radical (unpaired) electrons. The molecule has 2 aromatic heterocycles. The molecule has 0 saturated carbocycles. The first-order valence-electron chi connectivity index (χ1n) is 14.7. The molecule has 15 heteroatoms. The second-order valence-corrected chi connectivity index (χ2v) is 12.0. The zero-order chi connectivity index (χ0) is 32.6. The number of rotatable bonds is 9. The monoisotopic (exact) mass is 634 g/mol. The molecule has 242 valence electrons. The molecule has 45 heavy (non-hydrogen) atoms. The lowest BCUT2D eigenvalue weighted by Crippen LogP contribution is -2.41. The molecular formula is C30H35BF4N4O6. The molecule has 0 aliphatic carbocycles. The van der Waals surface area contributed by atoms with Crippen LogP contribution in [0.3, 0.4) is 0 Å². The maximum Gasteiger partial charge on any atom is 0.491 e. The fourth-order valence-corrected chi connectivity index (χ4v) is 5.35. The zero-order valence-corrected chi connectivity index (χ0v) is 25.4. The fourth-order valence-electron chi connectivity index (χ4n) is 5.35. The van der Waals surface area contributed by atoms with Crippen molar-refractivity contribution in [2.24, 2.45) is 0 Å². The zero-order valence-electron chi connectivity index (χ0n) is 25.4. The van der Waals surface area contributed by atoms with Gasteiger partial charge in [0, 0.05) is 24.4 Å². The van der Waals surface area contributed by atoms with E-state index in [-0.39, 0.29) is 46.6 Å². The van der Waals surface area contributed by atoms with Crippen LogP contribution >= 0.6 is 0 Å². The van der Waals surface area contributed by atoms with Crippen molar-refractivity contribution in [2.75, 3.05) is 19.8 Å². The van der Waals surface area contributed by atoms with Crippen LogP contribution in [0.4, 0.5) is 22.4 Å². The van der Waals surface area contributed by atoms with E-state index in [4.69, 9.17) is 23.9 Å². The lowest BCUT2D eigenvalue weighted by atomic mass is 9.70. The maximum absolute atomic E-state index is 15.3. The Morgan fingerprint density at radius 3 is 2.44 bits per heavy atom. The third kappa shape index (κ3) is 7.26. The molecule has 2 fully saturated rings. The summed E-state index contributed by atoms with van der Waals surface area (Å²) >= 11 is 0. The molecule has 1 atom stereocenters. The fraction of sp³-hybridized carbons (Fsp3) is 0.500. The molecule has 2 aliphatic heterocycles. The standard InChI is InChI=1S/C30H35BF4N4O6/c1-28(2)29(3,4)45-31(44-28)21(16-30(33,34)35)25(19-9-11-23(37-17-19)42-14-12-36-27(40)41)18-8-10-22-20(15-18)26(32)38-39(22)24-7-5-6-13-43-24/h8-11,15,17,24,36H,5-7,12-14,16H2,1-4H3,(H,40,41)/b25-21-. The predicted molar refractivity (Wildman–Crippen MR) is 157 cm³/mol. The number of carbonyl (C=O) groups is 1. The Balaban J connectivity index is 1.63. The van der Waals surface area contributed by atoms with E-state index in [1.165, 1.54) is 29.1 Å². The van der Waals surface area contributed by atoms with Crippen molar-refractivity contribution in [3.63, 3.8) is 0 Å². The van der Waals surface area contributed by atoms with Crippen LogP contribution in [0.1, 0.15) is 70.7 Å². The Kier molecular flexibility index (Phi) is 9.16. The summed E-state index contributed by atoms with van der Waals surface area (Å²) in [6.07, 6.45) is -3.86. The van der Waals surface area contributed by atoms with Gasteiger partial charge < -0.3 is 29.2 Å². The summed E-state index contributed by atoms with van der Waals surface area (Å²) in [5.74, 6) is -0.640. The highest BCUT2D eigenvalue weighted by Gasteiger charge is 2.54. The molecule has 10 nitrogen and oxygen atoms in total. The number of halogens is 4. The molecule has 2 saturated heterocycles. The van der Waals surface area contributed by atoms with Crippen molar-refractivity contribution in [1.82, 2.24) is 20.1 Å². The second kappa shape index (κ2) is 12.6. The van der Waals surface area contributed by atoms with Crippen LogP contribution in [0.5, 0.6) is 5.88 Å². The number of benzene rings is 1. The highest BCUT2D eigenvalue weighted by Crippen LogP contribution is 2.44. The van der Waals surface area contributed by atoms with Gasteiger partial charge in [-0.25, -0.2) is 14.5 Å². The van der Waals surface area contributed by atoms with Gasteiger partial charge in [0.15, 0.2) is 6.23 Å². The first-order valence-corrected chi connectivity index (χ1v) is 14.7. The summed E-state index contributed by atoms with van der Waals surface area (Å²) in [5.41, 5.74) is -0.950. The number of nitrogens with zero attached hydrogens (tertiary/aromatic N) is 3. The number of amides is 1. The van der Waals surface area contributed by atoms with Crippen molar-refractivity contribution < 1.29 is 46.2 Å². The van der Waals surface area contributed by atoms with Crippen LogP contribution in [0, 0.1) is 5.95 Å². The molecule has 2 N–H and O–H groups in total. The van der Waals surface area contributed by atoms with Crippen molar-refractivity contribution in [2.45, 2.75) is 77.0 Å². The van der Waals surface area contributed by atoms with Crippen LogP contribution < -0.4 is 10.1 Å². The summed E-state index contributed by atoms with van der Waals surface area (Å²) in [6, 6.07) is 7.69. The molecule has 5 rings (SSSR count). The first-order chi connectivity index (χ1) is 21.1. The van der Waals surface area contributed by atoms with Gasteiger partial charge in [-0.3, -0.25) is 0 Å². The Hall–Kier alpha value is -3.69. The van der Waals surface area contributed by atoms with Crippen LogP contribution in [0.15, 0.2) is 42.0 Å². The number of ether oxygens (including phenoxy) is 2. The largest absolute Gasteiger partial charge is 0.491 e. The van der Waals surface area contributed by atoms with Gasteiger partial charge in [-0.15, -0.1) is 5.10 Å². The van der Waals surface area contributed by atoms with Crippen molar-refractivity contribution in [3.8, 4) is 5.88 Å². The van der Waals surface area contributed by atoms with Crippen LogP contribution in [0.2, 0.25) is 0 Å². The summed E-state index contributed by atoms with van der Waals surface area (Å²) in [4.78, 5) is 14.9. The highest BCUT2D eigenvalue weighted by molar-refractivity contribution is 6.56. The number of carboxylic acid groups (broad SMARTS) is 1. The molecular weight excluding hydrogens is 599 g/mol. The van der Waals surface area contributed by atoms with Gasteiger partial charge in [-0.1, -0.05) is 6.07 Å². The van der Waals surface area contributed by atoms with E-state index < -0.39 is 49.2 Å². The number of fused-ring (bicyclic) bond motifs is 1. The SMILES string of the molecule is CC1(C)OB(/C(CC(F)(F)F)=C(\c2ccc(OCCNC(=O)O)nc2)c2ccc3c(c2)c(F)nn3C2CCCCO2)OC1(C)C. The van der Waals surface area contributed by atoms with E-state index in [1.54, 1.807) is 39.8 Å². The van der Waals surface area contributed by atoms with E-state index >= 15 is 4.39 Å². The third-order valence-corrected chi connectivity index (χ3v) is 8.28. The Labute approximate surface area is 257 Å². The summed E-state index contributed by atoms with van der Waals surface area (Å²) in [5, 5.41) is 15.1. The van der Waals surface area contributed by atoms with E-state index in [9.17, 15) is 18.0 Å². The van der Waals surface area contributed by atoms with Crippen molar-refractivity contribution in [3.05, 3.63) is 59.1 Å². The Morgan fingerprint density at radius 2 is 1.84 bits per heavy atom. The van der Waals surface area contributed by atoms with Crippen molar-refractivity contribution in [1.29, 1.82) is 0 Å². The second-order valence-electron chi connectivity index (χ2n) is 12.0. The quantitative estimate of drug-likeness (QED) is 0.160. The highest BCUT2D eigenvalue weighted by atomic mass is 19.4. The van der Waals surface area contributed by atoms with Gasteiger partial charge >= 0.3 is 19.4 Å². The minimum absolute atomic E-state index is 0.00668. The number of allylic oxidation sites excluding steroid dienone is 1. The maximum atomic E-state index is 15.3. The molecule has 3 aromatic rings. The third-order valence-electron chi connectivity index (χ3n) is 8.28. The van der Waals surface area contributed by atoms with Crippen molar-refractivity contribution >= 4 is 29.7 Å². The molecule has 4 heterocycles. The minimum atomic E-state index is -4.64. The molecule has 0 spiro atoms. The average molecular weight is 634 g/mol. The van der Waals surface area contributed by atoms with E-state index in [1.807, 2.05) is 0 Å². The number of aromatic nitrogens is 3. The molecule has 1 aromatic carbocycles. The Morgan fingerprint density at radius 1 is 1.13 bits per heavy atom. The number of hydrogen-bond acceptors (Lipinski definition) is 7. The van der Waals surface area contributed by atoms with Gasteiger partial charge in [0.1, 0.15) is 6.61 Å². The lowest BCUT2D eigenvalue weighted by Gasteiger charge is -2.32. The molecule has 0 bridgehead atoms. The van der Waals surface area contributed by atoms with Gasteiger partial charge in [-0.05, 0) is 81.8 Å². The van der Waals surface area contributed by atoms with Gasteiger partial charge in [0.05, 0.1) is 35.1 Å². The predicted octanol–water partition coefficient (Wildman–Crippen LogP) is 6.30. The number of hydrogen-bond donors (Lipinski definition) is 2. The first kappa shape index (κ1) is 32.7. The number of pyridine rings is 1. The van der Waals surface area contributed by atoms with Gasteiger partial charge in [0.2, 0.25) is 11.8 Å². The lowest BCUT2D eigenvalue weighted by molar-refractivity contribution is -0.126.